The lowest BCUT2D eigenvalue weighted by atomic mass is 10.1. The third kappa shape index (κ3) is 6.88. The Morgan fingerprint density at radius 1 is 0.714 bits per heavy atom. The van der Waals surface area contributed by atoms with E-state index in [4.69, 9.17) is 8.85 Å². The maximum absolute atomic E-state index is 6.72. The van der Waals surface area contributed by atoms with Crippen LogP contribution in [-0.2, 0) is 8.85 Å². The van der Waals surface area contributed by atoms with Gasteiger partial charge in [-0.05, 0) is 29.1 Å². The van der Waals surface area contributed by atoms with Gasteiger partial charge in [-0.3, -0.25) is 0 Å². The Balaban J connectivity index is 2.22. The van der Waals surface area contributed by atoms with Gasteiger partial charge in [-0.2, -0.15) is 0 Å². The van der Waals surface area contributed by atoms with Gasteiger partial charge in [-0.1, -0.05) is 114 Å². The fraction of sp³-hybridized carbons (Fsp3) is 0.520. The van der Waals surface area contributed by atoms with Crippen LogP contribution < -0.4 is 10.4 Å². The highest BCUT2D eigenvalue weighted by molar-refractivity contribution is 6.92. The van der Waals surface area contributed by atoms with E-state index in [1.807, 2.05) is 0 Å². The van der Waals surface area contributed by atoms with Crippen LogP contribution in [0.1, 0.15) is 65.7 Å². The first-order valence-corrected chi connectivity index (χ1v) is 12.9. The molecule has 28 heavy (non-hydrogen) atoms. The van der Waals surface area contributed by atoms with Crippen molar-refractivity contribution in [1.29, 1.82) is 0 Å². The molecule has 0 aromatic heterocycles. The number of hydrogen-bond acceptors (Lipinski definition) is 2. The number of hydrogen-bond donors (Lipinski definition) is 0. The first-order chi connectivity index (χ1) is 13.7. The average molecular weight is 399 g/mol. The summed E-state index contributed by atoms with van der Waals surface area (Å²) in [6, 6.07) is 21.3. The second-order valence-corrected chi connectivity index (χ2v) is 10.7. The minimum Gasteiger partial charge on any atom is -0.388 e. The van der Waals surface area contributed by atoms with Gasteiger partial charge in [0.2, 0.25) is 0 Å². The standard InChI is InChI=1S/C25H38O2Si/c1-4-6-7-8-15-21-26-28(24-16-11-9-12-17-24,25-18-13-10-14-19-25)27-22-20-23(3)5-2/h9-14,16-19,23H,4-8,15,20-22H2,1-3H3. The summed E-state index contributed by atoms with van der Waals surface area (Å²) >= 11 is 0. The minimum absolute atomic E-state index is 0.673. The fourth-order valence-corrected chi connectivity index (χ4v) is 6.57. The van der Waals surface area contributed by atoms with E-state index in [9.17, 15) is 0 Å². The zero-order valence-corrected chi connectivity index (χ0v) is 19.0. The Labute approximate surface area is 173 Å². The molecule has 1 atom stereocenters. The lowest BCUT2D eigenvalue weighted by Crippen LogP contribution is -2.63. The van der Waals surface area contributed by atoms with E-state index in [1.54, 1.807) is 0 Å². The minimum atomic E-state index is -2.70. The summed E-state index contributed by atoms with van der Waals surface area (Å²) in [4.78, 5) is 0. The van der Waals surface area contributed by atoms with Crippen LogP contribution in [0.25, 0.3) is 0 Å². The monoisotopic (exact) mass is 398 g/mol. The van der Waals surface area contributed by atoms with Crippen LogP contribution in [0.2, 0.25) is 0 Å². The Bertz CT molecular complexity index is 590. The molecule has 0 heterocycles. The molecule has 0 aliphatic rings. The predicted octanol–water partition coefficient (Wildman–Crippen LogP) is 5.68. The smallest absolute Gasteiger partial charge is 0.388 e. The van der Waals surface area contributed by atoms with Crippen LogP contribution in [0.3, 0.4) is 0 Å². The van der Waals surface area contributed by atoms with E-state index in [2.05, 4.69) is 81.4 Å². The van der Waals surface area contributed by atoms with Gasteiger partial charge < -0.3 is 8.85 Å². The topological polar surface area (TPSA) is 18.5 Å². The molecule has 0 aliphatic carbocycles. The zero-order chi connectivity index (χ0) is 20.1. The number of benzene rings is 2. The third-order valence-corrected chi connectivity index (χ3v) is 8.88. The average Bonchev–Trinajstić information content (AvgIpc) is 2.76. The van der Waals surface area contributed by atoms with Crippen molar-refractivity contribution in [2.24, 2.45) is 5.92 Å². The molecular weight excluding hydrogens is 360 g/mol. The largest absolute Gasteiger partial charge is 0.407 e. The molecular formula is C25H38O2Si. The summed E-state index contributed by atoms with van der Waals surface area (Å²) < 4.78 is 13.4. The van der Waals surface area contributed by atoms with Crippen LogP contribution in [0.5, 0.6) is 0 Å². The second kappa shape index (κ2) is 12.9. The summed E-state index contributed by atoms with van der Waals surface area (Å²) in [5, 5.41) is 2.41. The Morgan fingerprint density at radius 2 is 1.25 bits per heavy atom. The lowest BCUT2D eigenvalue weighted by molar-refractivity contribution is 0.178. The van der Waals surface area contributed by atoms with Crippen molar-refractivity contribution in [3.05, 3.63) is 60.7 Å². The molecule has 0 N–H and O–H groups in total. The van der Waals surface area contributed by atoms with Crippen molar-refractivity contribution >= 4 is 18.9 Å². The SMILES string of the molecule is CCCCCCCO[Si](OCCC(C)CC)(c1ccccc1)c1ccccc1. The first-order valence-electron chi connectivity index (χ1n) is 11.1. The highest BCUT2D eigenvalue weighted by Crippen LogP contribution is 2.15. The Kier molecular flexibility index (Phi) is 10.6. The number of unbranched alkanes of at least 4 members (excludes halogenated alkanes) is 4. The van der Waals surface area contributed by atoms with Crippen molar-refractivity contribution in [3.8, 4) is 0 Å². The quantitative estimate of drug-likeness (QED) is 0.301. The molecule has 0 saturated carbocycles. The molecule has 2 aromatic carbocycles. The van der Waals surface area contributed by atoms with Gasteiger partial charge in [-0.25, -0.2) is 0 Å². The Morgan fingerprint density at radius 3 is 1.79 bits per heavy atom. The lowest BCUT2D eigenvalue weighted by Gasteiger charge is -2.32. The third-order valence-electron chi connectivity index (χ3n) is 5.47. The summed E-state index contributed by atoms with van der Waals surface area (Å²) in [6.45, 7) is 8.32. The number of rotatable bonds is 14. The fourth-order valence-electron chi connectivity index (χ4n) is 3.39. The molecule has 0 amide bonds. The van der Waals surface area contributed by atoms with Gasteiger partial charge >= 0.3 is 8.56 Å². The van der Waals surface area contributed by atoms with E-state index in [-0.39, 0.29) is 0 Å². The molecule has 0 spiro atoms. The van der Waals surface area contributed by atoms with Gasteiger partial charge in [0.25, 0.3) is 0 Å². The van der Waals surface area contributed by atoms with Gasteiger partial charge in [0.15, 0.2) is 0 Å². The second-order valence-electron chi connectivity index (χ2n) is 7.76. The summed E-state index contributed by atoms with van der Waals surface area (Å²) in [5.41, 5.74) is 0. The van der Waals surface area contributed by atoms with Crippen LogP contribution in [0.15, 0.2) is 60.7 Å². The highest BCUT2D eigenvalue weighted by Gasteiger charge is 2.42. The van der Waals surface area contributed by atoms with Gasteiger partial charge in [0, 0.05) is 13.2 Å². The van der Waals surface area contributed by atoms with Gasteiger partial charge in [-0.15, -0.1) is 0 Å². The zero-order valence-electron chi connectivity index (χ0n) is 18.0. The molecule has 154 valence electrons. The van der Waals surface area contributed by atoms with Crippen LogP contribution in [-0.4, -0.2) is 21.8 Å². The maximum Gasteiger partial charge on any atom is 0.407 e. The van der Waals surface area contributed by atoms with Gasteiger partial charge in [0.1, 0.15) is 0 Å². The van der Waals surface area contributed by atoms with Crippen LogP contribution >= 0.6 is 0 Å². The van der Waals surface area contributed by atoms with Crippen molar-refractivity contribution in [2.75, 3.05) is 13.2 Å². The molecule has 2 nitrogen and oxygen atoms in total. The summed E-state index contributed by atoms with van der Waals surface area (Å²) in [7, 11) is -2.70. The van der Waals surface area contributed by atoms with E-state index in [1.165, 1.54) is 42.5 Å². The first kappa shape index (κ1) is 22.9. The highest BCUT2D eigenvalue weighted by atomic mass is 28.4. The van der Waals surface area contributed by atoms with E-state index in [0.29, 0.717) is 5.92 Å². The van der Waals surface area contributed by atoms with Crippen molar-refractivity contribution in [2.45, 2.75) is 65.7 Å². The predicted molar refractivity (Wildman–Crippen MR) is 123 cm³/mol. The van der Waals surface area contributed by atoms with Crippen molar-refractivity contribution < 1.29 is 8.85 Å². The molecule has 2 rings (SSSR count). The van der Waals surface area contributed by atoms with E-state index < -0.39 is 8.56 Å². The van der Waals surface area contributed by atoms with Crippen molar-refractivity contribution in [3.63, 3.8) is 0 Å². The molecule has 0 fully saturated rings. The van der Waals surface area contributed by atoms with Crippen LogP contribution in [0, 0.1) is 5.92 Å². The summed E-state index contributed by atoms with van der Waals surface area (Å²) in [6.07, 6.45) is 8.47. The van der Waals surface area contributed by atoms with E-state index >= 15 is 0 Å². The molecule has 2 aromatic rings. The normalized spacial score (nSPS) is 12.8. The van der Waals surface area contributed by atoms with E-state index in [0.717, 1.165) is 26.1 Å². The van der Waals surface area contributed by atoms with Crippen LogP contribution in [0.4, 0.5) is 0 Å². The summed E-state index contributed by atoms with van der Waals surface area (Å²) in [5.74, 6) is 0.673. The maximum atomic E-state index is 6.72. The van der Waals surface area contributed by atoms with Crippen molar-refractivity contribution in [1.82, 2.24) is 0 Å². The Hall–Kier alpha value is -1.42. The molecule has 3 heteroatoms. The molecule has 0 aliphatic heterocycles. The molecule has 0 saturated heterocycles. The van der Waals surface area contributed by atoms with Gasteiger partial charge in [0.05, 0.1) is 0 Å². The molecule has 0 radical (unpaired) electrons. The molecule has 1 unspecified atom stereocenters. The molecule has 0 bridgehead atoms.